The van der Waals surface area contributed by atoms with Gasteiger partial charge in [0, 0.05) is 51.9 Å². The SMILES string of the molecule is CCOc1cccc2sc(N3CCN(CCNC(=O)c4ccc(S(=O)(=O)N(C)c5ccccc5)cc4)CC3)nc12.Cl. The Labute approximate surface area is 251 Å². The second-order valence-electron chi connectivity index (χ2n) is 9.45. The Kier molecular flexibility index (Phi) is 10.1. The van der Waals surface area contributed by atoms with Gasteiger partial charge in [0.1, 0.15) is 11.3 Å². The van der Waals surface area contributed by atoms with Crippen LogP contribution in [0.3, 0.4) is 0 Å². The van der Waals surface area contributed by atoms with E-state index in [1.807, 2.05) is 25.1 Å². The Hall–Kier alpha value is -3.38. The normalized spacial score (nSPS) is 14.0. The molecule has 1 aliphatic rings. The van der Waals surface area contributed by atoms with E-state index in [1.54, 1.807) is 47.7 Å². The van der Waals surface area contributed by atoms with Crippen molar-refractivity contribution in [1.82, 2.24) is 15.2 Å². The number of fused-ring (bicyclic) bond motifs is 1. The van der Waals surface area contributed by atoms with Gasteiger partial charge in [-0.15, -0.1) is 12.4 Å². The van der Waals surface area contributed by atoms with Crippen molar-refractivity contribution in [2.45, 2.75) is 11.8 Å². The molecule has 0 saturated carbocycles. The van der Waals surface area contributed by atoms with E-state index in [4.69, 9.17) is 9.72 Å². The van der Waals surface area contributed by atoms with E-state index >= 15 is 0 Å². The number of aromatic nitrogens is 1. The lowest BCUT2D eigenvalue weighted by molar-refractivity contribution is 0.0947. The summed E-state index contributed by atoms with van der Waals surface area (Å²) in [6, 6.07) is 21.0. The minimum atomic E-state index is -3.72. The predicted octanol–water partition coefficient (Wildman–Crippen LogP) is 4.49. The molecule has 1 saturated heterocycles. The number of hydrogen-bond acceptors (Lipinski definition) is 8. The molecule has 1 aliphatic heterocycles. The lowest BCUT2D eigenvalue weighted by Crippen LogP contribution is -2.48. The van der Waals surface area contributed by atoms with Gasteiger partial charge in [0.2, 0.25) is 0 Å². The van der Waals surface area contributed by atoms with E-state index in [0.717, 1.165) is 53.8 Å². The van der Waals surface area contributed by atoms with E-state index in [9.17, 15) is 13.2 Å². The standard InChI is InChI=1S/C29H33N5O4S2.ClH/c1-3-38-25-10-7-11-26-27(25)31-29(39-26)34-20-18-33(19-21-34)17-16-30-28(35)22-12-14-24(15-13-22)40(36,37)32(2)23-8-5-4-6-9-23;/h4-15H,3,16-21H2,1-2H3,(H,30,35);1H. The molecule has 1 aromatic heterocycles. The molecule has 0 unspecified atom stereocenters. The van der Waals surface area contributed by atoms with Crippen molar-refractivity contribution < 1.29 is 17.9 Å². The molecule has 5 rings (SSSR count). The monoisotopic (exact) mass is 615 g/mol. The number of ether oxygens (including phenoxy) is 1. The molecule has 4 aromatic rings. The first kappa shape index (κ1) is 30.6. The van der Waals surface area contributed by atoms with Gasteiger partial charge in [-0.1, -0.05) is 35.6 Å². The highest BCUT2D eigenvalue weighted by Crippen LogP contribution is 2.34. The lowest BCUT2D eigenvalue weighted by Gasteiger charge is -2.34. The lowest BCUT2D eigenvalue weighted by atomic mass is 10.2. The molecule has 0 aliphatic carbocycles. The van der Waals surface area contributed by atoms with Crippen LogP contribution in [0.25, 0.3) is 10.2 Å². The van der Waals surface area contributed by atoms with Crippen molar-refractivity contribution in [3.8, 4) is 5.75 Å². The molecule has 9 nitrogen and oxygen atoms in total. The quantitative estimate of drug-likeness (QED) is 0.281. The maximum Gasteiger partial charge on any atom is 0.264 e. The number of rotatable bonds is 10. The molecule has 41 heavy (non-hydrogen) atoms. The minimum absolute atomic E-state index is 0. The minimum Gasteiger partial charge on any atom is -0.492 e. The van der Waals surface area contributed by atoms with Crippen LogP contribution < -0.4 is 19.3 Å². The number of amides is 1. The van der Waals surface area contributed by atoms with Gasteiger partial charge >= 0.3 is 0 Å². The summed E-state index contributed by atoms with van der Waals surface area (Å²) < 4.78 is 34.0. The van der Waals surface area contributed by atoms with Crippen LogP contribution in [-0.2, 0) is 10.0 Å². The maximum atomic E-state index is 13.0. The molecular formula is C29H34ClN5O4S2. The highest BCUT2D eigenvalue weighted by atomic mass is 35.5. The van der Waals surface area contributed by atoms with Crippen LogP contribution in [-0.4, -0.2) is 77.1 Å². The number of thiazole rings is 1. The van der Waals surface area contributed by atoms with Gasteiger partial charge < -0.3 is 15.0 Å². The van der Waals surface area contributed by atoms with Crippen LogP contribution in [0.2, 0.25) is 0 Å². The fraction of sp³-hybridized carbons (Fsp3) is 0.310. The third-order valence-electron chi connectivity index (χ3n) is 6.92. The van der Waals surface area contributed by atoms with Gasteiger partial charge in [0.25, 0.3) is 15.9 Å². The Morgan fingerprint density at radius 2 is 1.71 bits per heavy atom. The van der Waals surface area contributed by atoms with Crippen molar-refractivity contribution >= 4 is 60.7 Å². The number of hydrogen-bond donors (Lipinski definition) is 1. The van der Waals surface area contributed by atoms with Crippen molar-refractivity contribution in [1.29, 1.82) is 0 Å². The molecule has 0 radical (unpaired) electrons. The Balaban J connectivity index is 0.00000387. The zero-order chi connectivity index (χ0) is 28.1. The Morgan fingerprint density at radius 3 is 2.39 bits per heavy atom. The second kappa shape index (κ2) is 13.5. The zero-order valence-corrected chi connectivity index (χ0v) is 25.5. The van der Waals surface area contributed by atoms with Crippen molar-refractivity contribution in [3.63, 3.8) is 0 Å². The number of para-hydroxylation sites is 2. The number of nitrogens with zero attached hydrogens (tertiary/aromatic N) is 4. The van der Waals surface area contributed by atoms with Crippen LogP contribution in [0.1, 0.15) is 17.3 Å². The topological polar surface area (TPSA) is 95.1 Å². The maximum absolute atomic E-state index is 13.0. The highest BCUT2D eigenvalue weighted by Gasteiger charge is 2.23. The van der Waals surface area contributed by atoms with E-state index < -0.39 is 10.0 Å². The van der Waals surface area contributed by atoms with Gasteiger partial charge in [-0.05, 0) is 55.5 Å². The Morgan fingerprint density at radius 1 is 1.00 bits per heavy atom. The summed E-state index contributed by atoms with van der Waals surface area (Å²) in [6.45, 7) is 7.33. The number of carbonyl (C=O) groups excluding carboxylic acids is 1. The van der Waals surface area contributed by atoms with Crippen LogP contribution >= 0.6 is 23.7 Å². The van der Waals surface area contributed by atoms with Crippen molar-refractivity contribution in [2.75, 3.05) is 62.1 Å². The molecule has 1 fully saturated rings. The van der Waals surface area contributed by atoms with Gasteiger partial charge in [-0.3, -0.25) is 14.0 Å². The van der Waals surface area contributed by atoms with Crippen LogP contribution in [0.5, 0.6) is 5.75 Å². The number of halogens is 1. The van der Waals surface area contributed by atoms with Crippen molar-refractivity contribution in [2.24, 2.45) is 0 Å². The van der Waals surface area contributed by atoms with E-state index in [0.29, 0.717) is 24.4 Å². The average molecular weight is 616 g/mol. The fourth-order valence-electron chi connectivity index (χ4n) is 4.62. The average Bonchev–Trinajstić information content (AvgIpc) is 3.43. The molecule has 0 bridgehead atoms. The number of benzene rings is 3. The van der Waals surface area contributed by atoms with Crippen LogP contribution in [0.15, 0.2) is 77.7 Å². The van der Waals surface area contributed by atoms with Crippen LogP contribution in [0.4, 0.5) is 10.8 Å². The molecule has 218 valence electrons. The molecule has 3 aromatic carbocycles. The number of nitrogens with one attached hydrogen (secondary N) is 1. The summed E-state index contributed by atoms with van der Waals surface area (Å²) in [5.41, 5.74) is 1.91. The highest BCUT2D eigenvalue weighted by molar-refractivity contribution is 7.92. The summed E-state index contributed by atoms with van der Waals surface area (Å²) in [5.74, 6) is 0.603. The summed E-state index contributed by atoms with van der Waals surface area (Å²) in [5, 5.41) is 3.96. The Bertz CT molecular complexity index is 1560. The fourth-order valence-corrected chi connectivity index (χ4v) is 6.85. The summed E-state index contributed by atoms with van der Waals surface area (Å²) in [6.07, 6.45) is 0. The first-order valence-electron chi connectivity index (χ1n) is 13.3. The smallest absolute Gasteiger partial charge is 0.264 e. The van der Waals surface area contributed by atoms with Gasteiger partial charge in [0.15, 0.2) is 5.13 Å². The molecule has 1 N–H and O–H groups in total. The second-order valence-corrected chi connectivity index (χ2v) is 12.4. The number of sulfonamides is 1. The molecule has 2 heterocycles. The number of anilines is 2. The van der Waals surface area contributed by atoms with Crippen LogP contribution in [0, 0.1) is 0 Å². The third-order valence-corrected chi connectivity index (χ3v) is 9.80. The summed E-state index contributed by atoms with van der Waals surface area (Å²) >= 11 is 1.69. The molecule has 0 spiro atoms. The largest absolute Gasteiger partial charge is 0.492 e. The van der Waals surface area contributed by atoms with Gasteiger partial charge in [-0.2, -0.15) is 0 Å². The molecule has 1 amide bonds. The molecule has 0 atom stereocenters. The first-order chi connectivity index (χ1) is 19.4. The predicted molar refractivity (Wildman–Crippen MR) is 167 cm³/mol. The number of carbonyl (C=O) groups is 1. The van der Waals surface area contributed by atoms with E-state index in [-0.39, 0.29) is 23.2 Å². The number of piperazine rings is 1. The first-order valence-corrected chi connectivity index (χ1v) is 15.5. The van der Waals surface area contributed by atoms with Crippen molar-refractivity contribution in [3.05, 3.63) is 78.4 Å². The van der Waals surface area contributed by atoms with E-state index in [1.165, 1.54) is 23.5 Å². The molecular weight excluding hydrogens is 582 g/mol. The van der Waals surface area contributed by atoms with Gasteiger partial charge in [-0.25, -0.2) is 13.4 Å². The molecule has 12 heteroatoms. The summed E-state index contributed by atoms with van der Waals surface area (Å²) in [4.78, 5) is 22.3. The van der Waals surface area contributed by atoms with Gasteiger partial charge in [0.05, 0.1) is 21.9 Å². The zero-order valence-electron chi connectivity index (χ0n) is 23.0. The summed E-state index contributed by atoms with van der Waals surface area (Å²) in [7, 11) is -2.21. The third kappa shape index (κ3) is 6.92. The van der Waals surface area contributed by atoms with E-state index in [2.05, 4.69) is 21.2 Å².